The van der Waals surface area contributed by atoms with Gasteiger partial charge in [-0.25, -0.2) is 0 Å². The summed E-state index contributed by atoms with van der Waals surface area (Å²) >= 11 is 0. The van der Waals surface area contributed by atoms with Crippen molar-refractivity contribution in [2.75, 3.05) is 33.0 Å². The lowest BCUT2D eigenvalue weighted by Gasteiger charge is -2.09. The third kappa shape index (κ3) is 6.54. The first-order valence-corrected chi connectivity index (χ1v) is 6.81. The van der Waals surface area contributed by atoms with E-state index < -0.39 is 0 Å². The topological polar surface area (TPSA) is 67.8 Å². The van der Waals surface area contributed by atoms with Crippen LogP contribution in [0.15, 0.2) is 24.3 Å². The number of benzene rings is 1. The largest absolute Gasteiger partial charge is 0.484 e. The predicted molar refractivity (Wildman–Crippen MR) is 76.9 cm³/mol. The lowest BCUT2D eigenvalue weighted by Crippen LogP contribution is -2.31. The minimum absolute atomic E-state index is 0.0105. The number of amides is 1. The quantitative estimate of drug-likeness (QED) is 0.670. The van der Waals surface area contributed by atoms with Gasteiger partial charge >= 0.3 is 0 Å². The normalized spacial score (nSPS) is 10.6. The van der Waals surface area contributed by atoms with Crippen LogP contribution in [0.4, 0.5) is 0 Å². The Hall–Kier alpha value is -1.59. The highest BCUT2D eigenvalue weighted by Gasteiger charge is 2.03. The first-order chi connectivity index (χ1) is 9.63. The van der Waals surface area contributed by atoms with E-state index in [0.717, 1.165) is 0 Å². The van der Waals surface area contributed by atoms with Crippen molar-refractivity contribution in [2.24, 2.45) is 0 Å². The van der Waals surface area contributed by atoms with Gasteiger partial charge in [0.2, 0.25) is 0 Å². The van der Waals surface area contributed by atoms with Crippen LogP contribution in [0.25, 0.3) is 0 Å². The van der Waals surface area contributed by atoms with Crippen molar-refractivity contribution in [2.45, 2.75) is 19.8 Å². The molecule has 1 aromatic rings. The summed E-state index contributed by atoms with van der Waals surface area (Å²) in [5.74, 6) is 0.970. The van der Waals surface area contributed by atoms with E-state index in [9.17, 15) is 4.79 Å². The summed E-state index contributed by atoms with van der Waals surface area (Å²) in [7, 11) is 0. The van der Waals surface area contributed by atoms with Crippen molar-refractivity contribution in [3.63, 3.8) is 0 Å². The zero-order chi connectivity index (χ0) is 14.8. The SMILES string of the molecule is CC(C)c1ccc(OCC(=O)NCCOCCO)cc1. The number of carbonyl (C=O) groups excluding carboxylic acids is 1. The molecule has 1 rings (SSSR count). The van der Waals surface area contributed by atoms with Gasteiger partial charge in [-0.3, -0.25) is 4.79 Å². The van der Waals surface area contributed by atoms with Gasteiger partial charge in [0.1, 0.15) is 5.75 Å². The van der Waals surface area contributed by atoms with Crippen LogP contribution in [-0.4, -0.2) is 44.0 Å². The summed E-state index contributed by atoms with van der Waals surface area (Å²) in [6, 6.07) is 7.74. The molecule has 0 saturated heterocycles. The van der Waals surface area contributed by atoms with Crippen molar-refractivity contribution < 1.29 is 19.4 Å². The maximum atomic E-state index is 11.5. The van der Waals surface area contributed by atoms with Gasteiger partial charge in [-0.05, 0) is 23.6 Å². The van der Waals surface area contributed by atoms with E-state index in [4.69, 9.17) is 14.6 Å². The molecule has 0 atom stereocenters. The molecule has 0 aliphatic carbocycles. The van der Waals surface area contributed by atoms with Gasteiger partial charge in [0.25, 0.3) is 5.91 Å². The van der Waals surface area contributed by atoms with E-state index >= 15 is 0 Å². The molecule has 0 aliphatic heterocycles. The van der Waals surface area contributed by atoms with Crippen molar-refractivity contribution in [1.29, 1.82) is 0 Å². The smallest absolute Gasteiger partial charge is 0.258 e. The second-order valence-electron chi connectivity index (χ2n) is 4.70. The van der Waals surface area contributed by atoms with Gasteiger partial charge in [-0.15, -0.1) is 0 Å². The molecule has 0 heterocycles. The van der Waals surface area contributed by atoms with Gasteiger partial charge in [0.05, 0.1) is 19.8 Å². The van der Waals surface area contributed by atoms with Crippen LogP contribution in [-0.2, 0) is 9.53 Å². The summed E-state index contributed by atoms with van der Waals surface area (Å²) in [5, 5.41) is 11.2. The Kier molecular flexibility index (Phi) is 7.69. The van der Waals surface area contributed by atoms with Crippen molar-refractivity contribution in [1.82, 2.24) is 5.32 Å². The van der Waals surface area contributed by atoms with Crippen LogP contribution in [0, 0.1) is 0 Å². The minimum Gasteiger partial charge on any atom is -0.484 e. The fraction of sp³-hybridized carbons (Fsp3) is 0.533. The molecule has 112 valence electrons. The van der Waals surface area contributed by atoms with Gasteiger partial charge in [0, 0.05) is 6.54 Å². The highest BCUT2D eigenvalue weighted by molar-refractivity contribution is 5.77. The van der Waals surface area contributed by atoms with Gasteiger partial charge in [-0.2, -0.15) is 0 Å². The molecule has 20 heavy (non-hydrogen) atoms. The Labute approximate surface area is 119 Å². The first-order valence-electron chi connectivity index (χ1n) is 6.81. The maximum absolute atomic E-state index is 11.5. The molecule has 0 fully saturated rings. The molecular formula is C15H23NO4. The molecule has 0 bridgehead atoms. The van der Waals surface area contributed by atoms with Crippen molar-refractivity contribution in [3.05, 3.63) is 29.8 Å². The Morgan fingerprint density at radius 1 is 1.25 bits per heavy atom. The average molecular weight is 281 g/mol. The second kappa shape index (κ2) is 9.34. The molecular weight excluding hydrogens is 258 g/mol. The first kappa shape index (κ1) is 16.5. The molecule has 2 N–H and O–H groups in total. The zero-order valence-electron chi connectivity index (χ0n) is 12.1. The molecule has 5 nitrogen and oxygen atoms in total. The summed E-state index contributed by atoms with van der Waals surface area (Å²) in [5.41, 5.74) is 1.24. The van der Waals surface area contributed by atoms with Crippen LogP contribution in [0.2, 0.25) is 0 Å². The highest BCUT2D eigenvalue weighted by atomic mass is 16.5. The maximum Gasteiger partial charge on any atom is 0.258 e. The van der Waals surface area contributed by atoms with E-state index in [1.807, 2.05) is 24.3 Å². The minimum atomic E-state index is -0.189. The zero-order valence-corrected chi connectivity index (χ0v) is 12.1. The average Bonchev–Trinajstić information content (AvgIpc) is 2.45. The standard InChI is InChI=1S/C15H23NO4/c1-12(2)13-3-5-14(6-4-13)20-11-15(18)16-7-9-19-10-8-17/h3-6,12,17H,7-11H2,1-2H3,(H,16,18). The van der Waals surface area contributed by atoms with Crippen LogP contribution in [0.5, 0.6) is 5.75 Å². The molecule has 1 amide bonds. The van der Waals surface area contributed by atoms with Crippen LogP contribution >= 0.6 is 0 Å². The van der Waals surface area contributed by atoms with Crippen LogP contribution < -0.4 is 10.1 Å². The number of nitrogens with one attached hydrogen (secondary N) is 1. The van der Waals surface area contributed by atoms with Gasteiger partial charge in [-0.1, -0.05) is 26.0 Å². The number of ether oxygens (including phenoxy) is 2. The Morgan fingerprint density at radius 3 is 2.55 bits per heavy atom. The number of hydrogen-bond acceptors (Lipinski definition) is 4. The molecule has 1 aromatic carbocycles. The lowest BCUT2D eigenvalue weighted by atomic mass is 10.0. The number of carbonyl (C=O) groups is 1. The third-order valence-corrected chi connectivity index (χ3v) is 2.72. The van der Waals surface area contributed by atoms with Gasteiger partial charge in [0.15, 0.2) is 6.61 Å². The number of aliphatic hydroxyl groups is 1. The van der Waals surface area contributed by atoms with E-state index in [2.05, 4.69) is 19.2 Å². The van der Waals surface area contributed by atoms with E-state index in [0.29, 0.717) is 24.8 Å². The predicted octanol–water partition coefficient (Wildman–Crippen LogP) is 1.31. The number of aliphatic hydroxyl groups excluding tert-OH is 1. The fourth-order valence-corrected chi connectivity index (χ4v) is 1.58. The fourth-order valence-electron chi connectivity index (χ4n) is 1.58. The molecule has 0 aromatic heterocycles. The Morgan fingerprint density at radius 2 is 1.95 bits per heavy atom. The summed E-state index contributed by atoms with van der Waals surface area (Å²) in [4.78, 5) is 11.5. The summed E-state index contributed by atoms with van der Waals surface area (Å²) in [6.45, 7) is 5.31. The van der Waals surface area contributed by atoms with E-state index in [1.165, 1.54) is 5.56 Å². The van der Waals surface area contributed by atoms with Crippen molar-refractivity contribution in [3.8, 4) is 5.75 Å². The lowest BCUT2D eigenvalue weighted by molar-refractivity contribution is -0.123. The van der Waals surface area contributed by atoms with Crippen LogP contribution in [0.1, 0.15) is 25.3 Å². The Bertz CT molecular complexity index is 389. The van der Waals surface area contributed by atoms with E-state index in [1.54, 1.807) is 0 Å². The second-order valence-corrected chi connectivity index (χ2v) is 4.70. The van der Waals surface area contributed by atoms with Crippen LogP contribution in [0.3, 0.4) is 0 Å². The molecule has 0 radical (unpaired) electrons. The molecule has 0 spiro atoms. The molecule has 0 saturated carbocycles. The molecule has 0 aliphatic rings. The number of rotatable bonds is 9. The van der Waals surface area contributed by atoms with Crippen molar-refractivity contribution >= 4 is 5.91 Å². The third-order valence-electron chi connectivity index (χ3n) is 2.72. The highest BCUT2D eigenvalue weighted by Crippen LogP contribution is 2.18. The summed E-state index contributed by atoms with van der Waals surface area (Å²) in [6.07, 6.45) is 0. The molecule has 0 unspecified atom stereocenters. The summed E-state index contributed by atoms with van der Waals surface area (Å²) < 4.78 is 10.4. The van der Waals surface area contributed by atoms with Gasteiger partial charge < -0.3 is 19.9 Å². The number of hydrogen-bond donors (Lipinski definition) is 2. The molecule has 5 heteroatoms. The monoisotopic (exact) mass is 281 g/mol. The van der Waals surface area contributed by atoms with E-state index in [-0.39, 0.29) is 25.7 Å². The Balaban J connectivity index is 2.20.